The molecule has 0 spiro atoms. The van der Waals surface area contributed by atoms with E-state index in [4.69, 9.17) is 3.32 Å². The second kappa shape index (κ2) is 9.71. The van der Waals surface area contributed by atoms with Crippen LogP contribution in [-0.4, -0.2) is 4.41 Å². The third kappa shape index (κ3) is 5.02. The molecule has 1 heterocycles. The first-order valence-corrected chi connectivity index (χ1v) is 12.8. The van der Waals surface area contributed by atoms with Crippen molar-refractivity contribution in [1.82, 2.24) is 0 Å². The van der Waals surface area contributed by atoms with Gasteiger partial charge in [-0.05, 0) is 0 Å². The maximum atomic E-state index is 6.09. The maximum absolute atomic E-state index is 6.09. The number of halogens is 2. The van der Waals surface area contributed by atoms with Crippen LogP contribution in [-0.2, 0) is 27.0 Å². The second-order valence-corrected chi connectivity index (χ2v) is 12.8. The molecule has 2 unspecified atom stereocenters. The molecule has 2 aliphatic rings. The molecule has 1 aliphatic carbocycles. The molecule has 4 rings (SSSR count). The molecular formula is C25H31Cl2OTi. The van der Waals surface area contributed by atoms with E-state index < -0.39 is 18.3 Å². The average molecular weight is 466 g/mol. The number of benzene rings is 2. The van der Waals surface area contributed by atoms with Crippen LogP contribution in [0.1, 0.15) is 74.8 Å². The van der Waals surface area contributed by atoms with Crippen molar-refractivity contribution in [3.63, 3.8) is 0 Å². The van der Waals surface area contributed by atoms with Gasteiger partial charge in [-0.25, -0.2) is 0 Å². The van der Waals surface area contributed by atoms with Crippen LogP contribution in [0.3, 0.4) is 0 Å². The quantitative estimate of drug-likeness (QED) is 0.477. The second-order valence-electron chi connectivity index (χ2n) is 9.05. The van der Waals surface area contributed by atoms with E-state index in [1.165, 1.54) is 47.1 Å². The van der Waals surface area contributed by atoms with E-state index in [1.807, 2.05) is 0 Å². The molecule has 2 atom stereocenters. The zero-order valence-electron chi connectivity index (χ0n) is 18.1. The van der Waals surface area contributed by atoms with Gasteiger partial charge in [0.05, 0.1) is 0 Å². The number of allylic oxidation sites excluding steroid dienone is 1. The SMILES string of the molecule is CCCCC1=Cc2c(-c3ccc(C(C)(C)C)cc3)cccc2[CH]1[Ti+2]1[O][CH]1C.[Cl-].[Cl-]. The van der Waals surface area contributed by atoms with E-state index in [1.54, 1.807) is 5.57 Å². The zero-order chi connectivity index (χ0) is 19.2. The largest absolute Gasteiger partial charge is 1.00 e. The molecule has 0 aromatic heterocycles. The minimum atomic E-state index is -1.42. The van der Waals surface area contributed by atoms with Gasteiger partial charge in [0.1, 0.15) is 0 Å². The summed E-state index contributed by atoms with van der Waals surface area (Å²) in [4.78, 5) is 0. The maximum Gasteiger partial charge on any atom is -1.00 e. The Balaban J connectivity index is 0.00000150. The molecule has 0 bridgehead atoms. The van der Waals surface area contributed by atoms with E-state index in [0.29, 0.717) is 8.63 Å². The van der Waals surface area contributed by atoms with Crippen molar-refractivity contribution >= 4 is 6.08 Å². The summed E-state index contributed by atoms with van der Waals surface area (Å²) in [5.74, 6) is 0. The molecular weight excluding hydrogens is 435 g/mol. The van der Waals surface area contributed by atoms with Crippen LogP contribution >= 0.6 is 0 Å². The zero-order valence-corrected chi connectivity index (χ0v) is 21.1. The summed E-state index contributed by atoms with van der Waals surface area (Å²) in [5, 5.41) is 0. The summed E-state index contributed by atoms with van der Waals surface area (Å²) in [6.45, 7) is 11.4. The van der Waals surface area contributed by atoms with E-state index in [9.17, 15) is 0 Å². The number of fused-ring (bicyclic) bond motifs is 1. The molecule has 0 N–H and O–H groups in total. The Morgan fingerprint density at radius 3 is 2.21 bits per heavy atom. The van der Waals surface area contributed by atoms with Crippen LogP contribution < -0.4 is 24.8 Å². The number of hydrogen-bond donors (Lipinski definition) is 0. The van der Waals surface area contributed by atoms with Gasteiger partial charge >= 0.3 is 171 Å². The fourth-order valence-electron chi connectivity index (χ4n) is 4.27. The van der Waals surface area contributed by atoms with E-state index in [2.05, 4.69) is 83.2 Å². The third-order valence-corrected chi connectivity index (χ3v) is 9.98. The van der Waals surface area contributed by atoms with Gasteiger partial charge in [0.2, 0.25) is 0 Å². The van der Waals surface area contributed by atoms with Gasteiger partial charge in [-0.1, -0.05) is 0 Å². The molecule has 2 aromatic carbocycles. The minimum absolute atomic E-state index is 0. The topological polar surface area (TPSA) is 12.5 Å². The smallest absolute Gasteiger partial charge is 1.00 e. The predicted molar refractivity (Wildman–Crippen MR) is 111 cm³/mol. The average Bonchev–Trinajstić information content (AvgIpc) is 3.24. The first-order chi connectivity index (χ1) is 12.9. The molecule has 1 fully saturated rings. The summed E-state index contributed by atoms with van der Waals surface area (Å²) < 4.78 is 7.27. The van der Waals surface area contributed by atoms with Gasteiger partial charge in [-0.2, -0.15) is 0 Å². The Labute approximate surface area is 195 Å². The molecule has 155 valence electrons. The number of hydrogen-bond acceptors (Lipinski definition) is 1. The Morgan fingerprint density at radius 1 is 1.00 bits per heavy atom. The fraction of sp³-hybridized carbons (Fsp3) is 0.440. The van der Waals surface area contributed by atoms with Crippen molar-refractivity contribution in [3.8, 4) is 11.1 Å². The van der Waals surface area contributed by atoms with Crippen molar-refractivity contribution in [3.05, 3.63) is 64.7 Å². The summed E-state index contributed by atoms with van der Waals surface area (Å²) in [7, 11) is 0. The van der Waals surface area contributed by atoms with Crippen LogP contribution in [0.2, 0.25) is 0 Å². The molecule has 2 aromatic rings. The molecule has 29 heavy (non-hydrogen) atoms. The Morgan fingerprint density at radius 2 is 1.66 bits per heavy atom. The van der Waals surface area contributed by atoms with Crippen molar-refractivity contribution in [1.29, 1.82) is 0 Å². The monoisotopic (exact) mass is 465 g/mol. The number of unbranched alkanes of at least 4 members (excludes halogenated alkanes) is 1. The van der Waals surface area contributed by atoms with Crippen molar-refractivity contribution in [2.45, 2.75) is 67.9 Å². The van der Waals surface area contributed by atoms with Gasteiger partial charge in [0.25, 0.3) is 0 Å². The van der Waals surface area contributed by atoms with Gasteiger partial charge < -0.3 is 24.8 Å². The number of rotatable bonds is 5. The van der Waals surface area contributed by atoms with E-state index >= 15 is 0 Å². The van der Waals surface area contributed by atoms with Crippen molar-refractivity contribution in [2.24, 2.45) is 0 Å². The molecule has 0 radical (unpaired) electrons. The van der Waals surface area contributed by atoms with E-state index in [-0.39, 0.29) is 30.2 Å². The molecule has 0 saturated carbocycles. The summed E-state index contributed by atoms with van der Waals surface area (Å²) in [6, 6.07) is 16.1. The Hall–Kier alpha value is -0.566. The normalized spacial score (nSPS) is 19.8. The van der Waals surface area contributed by atoms with Gasteiger partial charge in [0.15, 0.2) is 0 Å². The molecule has 1 aliphatic heterocycles. The summed E-state index contributed by atoms with van der Waals surface area (Å²) >= 11 is -1.42. The van der Waals surface area contributed by atoms with Crippen LogP contribution in [0.15, 0.2) is 48.0 Å². The molecule has 4 heteroatoms. The standard InChI is InChI=1S/C23H27.C2H4O.2ClH.Ti/c1-5-6-8-17-15-19-9-7-10-21(22(19)16-17)18-11-13-20(14-12-18)23(2,3)4;1-2-3;;;/h7,9-16H,5-6,8H2,1-4H3;2H,1H3;2*1H;/q;-1;;;+3/p-2. The van der Waals surface area contributed by atoms with E-state index in [0.717, 1.165) is 0 Å². The van der Waals surface area contributed by atoms with Crippen molar-refractivity contribution in [2.75, 3.05) is 0 Å². The van der Waals surface area contributed by atoms with Gasteiger partial charge in [-0.15, -0.1) is 0 Å². The fourth-order valence-corrected chi connectivity index (χ4v) is 7.98. The summed E-state index contributed by atoms with van der Waals surface area (Å²) in [5.41, 5.74) is 8.95. The van der Waals surface area contributed by atoms with Crippen LogP contribution in [0.5, 0.6) is 0 Å². The Kier molecular flexibility index (Phi) is 8.27. The minimum Gasteiger partial charge on any atom is -1.00 e. The third-order valence-electron chi connectivity index (χ3n) is 5.97. The molecule has 0 amide bonds. The van der Waals surface area contributed by atoms with Crippen LogP contribution in [0.4, 0.5) is 0 Å². The van der Waals surface area contributed by atoms with Crippen molar-refractivity contribution < 1.29 is 46.4 Å². The summed E-state index contributed by atoms with van der Waals surface area (Å²) in [6.07, 6.45) is 6.28. The van der Waals surface area contributed by atoms with Crippen LogP contribution in [0.25, 0.3) is 17.2 Å². The predicted octanol–water partition coefficient (Wildman–Crippen LogP) is 1.20. The first-order valence-electron chi connectivity index (χ1n) is 10.4. The van der Waals surface area contributed by atoms with Gasteiger partial charge in [-0.3, -0.25) is 0 Å². The van der Waals surface area contributed by atoms with Crippen LogP contribution in [0, 0.1) is 0 Å². The molecule has 1 saturated heterocycles. The molecule has 1 nitrogen and oxygen atoms in total. The van der Waals surface area contributed by atoms with Gasteiger partial charge in [0, 0.05) is 0 Å². The Bertz CT molecular complexity index is 867. The first kappa shape index (κ1) is 24.7.